The van der Waals surface area contributed by atoms with Crippen molar-refractivity contribution in [2.45, 2.75) is 33.3 Å². The number of benzene rings is 2. The molecule has 0 fully saturated rings. The van der Waals surface area contributed by atoms with Gasteiger partial charge in [-0.15, -0.1) is 0 Å². The quantitative estimate of drug-likeness (QED) is 0.615. The van der Waals surface area contributed by atoms with Gasteiger partial charge in [0.25, 0.3) is 5.91 Å². The van der Waals surface area contributed by atoms with Crippen molar-refractivity contribution in [3.63, 3.8) is 0 Å². The predicted octanol–water partition coefficient (Wildman–Crippen LogP) is 3.83. The number of methoxy groups -OCH3 is 1. The molecule has 0 heterocycles. The van der Waals surface area contributed by atoms with Crippen molar-refractivity contribution in [3.05, 3.63) is 59.7 Å². The summed E-state index contributed by atoms with van der Waals surface area (Å²) in [5.74, 6) is 1.29. The smallest absolute Gasteiger partial charge is 0.271 e. The number of carbonyl (C=O) groups is 1. The van der Waals surface area contributed by atoms with Crippen LogP contribution in [0, 0.1) is 0 Å². The Morgan fingerprint density at radius 2 is 1.80 bits per heavy atom. The Balaban J connectivity index is 1.96. The van der Waals surface area contributed by atoms with Crippen molar-refractivity contribution in [2.24, 2.45) is 5.10 Å². The molecule has 2 aromatic rings. The maximum absolute atomic E-state index is 12.2. The van der Waals surface area contributed by atoms with Crippen molar-refractivity contribution >= 4 is 11.6 Å². The second kappa shape index (κ2) is 8.87. The number of hydrazone groups is 1. The molecule has 25 heavy (non-hydrogen) atoms. The molecule has 0 bridgehead atoms. The number of amides is 1. The largest absolute Gasteiger partial charge is 0.496 e. The van der Waals surface area contributed by atoms with Crippen LogP contribution in [0.4, 0.5) is 0 Å². The normalized spacial score (nSPS) is 11.3. The first-order valence-corrected chi connectivity index (χ1v) is 8.21. The minimum Gasteiger partial charge on any atom is -0.496 e. The van der Waals surface area contributed by atoms with Gasteiger partial charge in [0.2, 0.25) is 0 Å². The van der Waals surface area contributed by atoms with E-state index in [4.69, 9.17) is 9.47 Å². The molecule has 0 aliphatic carbocycles. The van der Waals surface area contributed by atoms with Crippen molar-refractivity contribution in [3.8, 4) is 11.5 Å². The Kier molecular flexibility index (Phi) is 6.57. The average Bonchev–Trinajstić information content (AvgIpc) is 2.60. The lowest BCUT2D eigenvalue weighted by Crippen LogP contribution is -2.19. The fraction of sp³-hybridized carbons (Fsp3) is 0.300. The lowest BCUT2D eigenvalue weighted by molar-refractivity contribution is 0.0954. The zero-order chi connectivity index (χ0) is 18.2. The van der Waals surface area contributed by atoms with Gasteiger partial charge in [0, 0.05) is 17.7 Å². The molecular formula is C20H24N2O3. The maximum Gasteiger partial charge on any atom is 0.271 e. The Labute approximate surface area is 148 Å². The maximum atomic E-state index is 12.2. The molecule has 1 amide bonds. The summed E-state index contributed by atoms with van der Waals surface area (Å²) in [5, 5.41) is 4.17. The number of hydrogen-bond donors (Lipinski definition) is 1. The summed E-state index contributed by atoms with van der Waals surface area (Å²) in [6.07, 6.45) is 0.702. The Morgan fingerprint density at radius 3 is 2.44 bits per heavy atom. The highest BCUT2D eigenvalue weighted by Crippen LogP contribution is 2.18. The molecule has 1 N–H and O–H groups in total. The molecule has 0 aromatic heterocycles. The van der Waals surface area contributed by atoms with E-state index >= 15 is 0 Å². The molecule has 2 rings (SSSR count). The van der Waals surface area contributed by atoms with E-state index in [1.54, 1.807) is 31.4 Å². The number of nitrogens with one attached hydrogen (secondary N) is 1. The molecule has 0 atom stereocenters. The molecular weight excluding hydrogens is 316 g/mol. The van der Waals surface area contributed by atoms with Crippen molar-refractivity contribution < 1.29 is 14.3 Å². The van der Waals surface area contributed by atoms with Crippen LogP contribution in [0.1, 0.15) is 36.7 Å². The van der Waals surface area contributed by atoms with E-state index in [9.17, 15) is 4.79 Å². The monoisotopic (exact) mass is 340 g/mol. The number of rotatable bonds is 7. The van der Waals surface area contributed by atoms with Gasteiger partial charge in [0.1, 0.15) is 11.5 Å². The van der Waals surface area contributed by atoms with Crippen molar-refractivity contribution in [2.75, 3.05) is 7.11 Å². The van der Waals surface area contributed by atoms with Crippen LogP contribution in [0.15, 0.2) is 53.6 Å². The van der Waals surface area contributed by atoms with E-state index in [-0.39, 0.29) is 12.0 Å². The molecule has 0 saturated carbocycles. The topological polar surface area (TPSA) is 59.9 Å². The first-order valence-electron chi connectivity index (χ1n) is 8.21. The first kappa shape index (κ1) is 18.5. The highest BCUT2D eigenvalue weighted by atomic mass is 16.5. The van der Waals surface area contributed by atoms with Gasteiger partial charge < -0.3 is 9.47 Å². The summed E-state index contributed by atoms with van der Waals surface area (Å²) in [5.41, 5.74) is 4.93. The lowest BCUT2D eigenvalue weighted by Gasteiger charge is -2.10. The van der Waals surface area contributed by atoms with Gasteiger partial charge in [0.05, 0.1) is 13.2 Å². The van der Waals surface area contributed by atoms with Gasteiger partial charge >= 0.3 is 0 Å². The minimum absolute atomic E-state index is 0.0990. The molecule has 5 nitrogen and oxygen atoms in total. The molecule has 0 saturated heterocycles. The SMILES string of the molecule is COc1ccccc1C/C(C)=N\NC(=O)c1ccc(OC(C)C)cc1. The van der Waals surface area contributed by atoms with E-state index in [0.29, 0.717) is 12.0 Å². The van der Waals surface area contributed by atoms with Crippen LogP contribution in [-0.4, -0.2) is 24.8 Å². The highest BCUT2D eigenvalue weighted by Gasteiger charge is 2.07. The Hall–Kier alpha value is -2.82. The predicted molar refractivity (Wildman–Crippen MR) is 99.5 cm³/mol. The Morgan fingerprint density at radius 1 is 1.12 bits per heavy atom. The second-order valence-corrected chi connectivity index (χ2v) is 5.97. The van der Waals surface area contributed by atoms with E-state index in [2.05, 4.69) is 10.5 Å². The summed E-state index contributed by atoms with van der Waals surface area (Å²) in [6.45, 7) is 5.78. The van der Waals surface area contributed by atoms with Crippen LogP contribution in [0.5, 0.6) is 11.5 Å². The molecule has 2 aromatic carbocycles. The second-order valence-electron chi connectivity index (χ2n) is 5.97. The van der Waals surface area contributed by atoms with E-state index in [0.717, 1.165) is 22.8 Å². The van der Waals surface area contributed by atoms with Gasteiger partial charge in [-0.3, -0.25) is 4.79 Å². The van der Waals surface area contributed by atoms with Crippen LogP contribution in [0.3, 0.4) is 0 Å². The number of para-hydroxylation sites is 1. The number of ether oxygens (including phenoxy) is 2. The highest BCUT2D eigenvalue weighted by molar-refractivity contribution is 5.95. The van der Waals surface area contributed by atoms with Gasteiger partial charge in [-0.2, -0.15) is 5.10 Å². The fourth-order valence-corrected chi connectivity index (χ4v) is 2.33. The van der Waals surface area contributed by atoms with Crippen LogP contribution in [0.2, 0.25) is 0 Å². The average molecular weight is 340 g/mol. The van der Waals surface area contributed by atoms with Gasteiger partial charge in [-0.05, 0) is 56.7 Å². The number of nitrogens with zero attached hydrogens (tertiary/aromatic N) is 1. The summed E-state index contributed by atoms with van der Waals surface area (Å²) in [4.78, 5) is 12.2. The van der Waals surface area contributed by atoms with E-state index < -0.39 is 0 Å². The molecule has 0 radical (unpaired) electrons. The van der Waals surface area contributed by atoms with E-state index in [1.165, 1.54) is 0 Å². The molecule has 5 heteroatoms. The van der Waals surface area contributed by atoms with Crippen molar-refractivity contribution in [1.82, 2.24) is 5.43 Å². The zero-order valence-electron chi connectivity index (χ0n) is 15.1. The molecule has 0 aliphatic rings. The fourth-order valence-electron chi connectivity index (χ4n) is 2.33. The standard InChI is InChI=1S/C20H24N2O3/c1-14(2)25-18-11-9-16(10-12-18)20(23)22-21-15(3)13-17-7-5-6-8-19(17)24-4/h5-12,14H,13H2,1-4H3,(H,22,23)/b21-15-. The summed E-state index contributed by atoms with van der Waals surface area (Å²) in [6, 6.07) is 14.7. The van der Waals surface area contributed by atoms with Crippen LogP contribution in [-0.2, 0) is 6.42 Å². The Bertz CT molecular complexity index is 737. The van der Waals surface area contributed by atoms with Crippen LogP contribution in [0.25, 0.3) is 0 Å². The minimum atomic E-state index is -0.254. The van der Waals surface area contributed by atoms with Crippen LogP contribution < -0.4 is 14.9 Å². The summed E-state index contributed by atoms with van der Waals surface area (Å²) in [7, 11) is 1.64. The lowest BCUT2D eigenvalue weighted by atomic mass is 10.1. The van der Waals surface area contributed by atoms with Gasteiger partial charge in [-0.25, -0.2) is 5.43 Å². The van der Waals surface area contributed by atoms with Gasteiger partial charge in [-0.1, -0.05) is 18.2 Å². The van der Waals surface area contributed by atoms with Crippen LogP contribution >= 0.6 is 0 Å². The third-order valence-corrected chi connectivity index (χ3v) is 3.48. The zero-order valence-corrected chi connectivity index (χ0v) is 15.1. The third kappa shape index (κ3) is 5.64. The first-order chi connectivity index (χ1) is 12.0. The molecule has 0 unspecified atom stereocenters. The number of hydrogen-bond acceptors (Lipinski definition) is 4. The van der Waals surface area contributed by atoms with E-state index in [1.807, 2.05) is 45.0 Å². The molecule has 132 valence electrons. The summed E-state index contributed by atoms with van der Waals surface area (Å²) < 4.78 is 10.9. The molecule has 0 spiro atoms. The van der Waals surface area contributed by atoms with Crippen molar-refractivity contribution in [1.29, 1.82) is 0 Å². The number of carbonyl (C=O) groups excluding carboxylic acids is 1. The van der Waals surface area contributed by atoms with Gasteiger partial charge in [0.15, 0.2) is 0 Å². The third-order valence-electron chi connectivity index (χ3n) is 3.48. The summed E-state index contributed by atoms with van der Waals surface area (Å²) >= 11 is 0. The molecule has 0 aliphatic heterocycles.